The third-order valence-corrected chi connectivity index (χ3v) is 11.2. The number of rotatable bonds is 11. The summed E-state index contributed by atoms with van der Waals surface area (Å²) in [6.07, 6.45) is 1.40. The first-order valence-corrected chi connectivity index (χ1v) is 18.5. The number of aromatic hydroxyl groups is 1. The van der Waals surface area contributed by atoms with Gasteiger partial charge in [0.2, 0.25) is 17.7 Å². The fraction of sp³-hybridized carbons (Fsp3) is 0.450. The molecule has 3 amide bonds. The van der Waals surface area contributed by atoms with Gasteiger partial charge in [-0.2, -0.15) is 0 Å². The number of hydrogen-bond donors (Lipinski definition) is 1. The Bertz CT molecular complexity index is 1820. The van der Waals surface area contributed by atoms with E-state index in [1.54, 1.807) is 21.0 Å². The predicted molar refractivity (Wildman–Crippen MR) is 199 cm³/mol. The third kappa shape index (κ3) is 7.78. The van der Waals surface area contributed by atoms with Gasteiger partial charge < -0.3 is 24.7 Å². The molecule has 4 aliphatic rings. The number of anilines is 1. The molecular weight excluding hydrogens is 675 g/mol. The number of halogens is 1. The number of phenols is 1. The van der Waals surface area contributed by atoms with Crippen LogP contribution in [0.3, 0.4) is 0 Å². The van der Waals surface area contributed by atoms with Crippen LogP contribution in [0.15, 0.2) is 79.4 Å². The molecule has 0 radical (unpaired) electrons. The van der Waals surface area contributed by atoms with Crippen molar-refractivity contribution in [3.05, 3.63) is 102 Å². The zero-order valence-electron chi connectivity index (χ0n) is 30.6. The molecule has 3 aromatic rings. The van der Waals surface area contributed by atoms with Crippen LogP contribution in [-0.4, -0.2) is 141 Å². The van der Waals surface area contributed by atoms with Gasteiger partial charge in [-0.25, -0.2) is 19.4 Å². The van der Waals surface area contributed by atoms with Crippen molar-refractivity contribution in [2.45, 2.75) is 57.0 Å². The summed E-state index contributed by atoms with van der Waals surface area (Å²) < 4.78 is 15.2. The zero-order chi connectivity index (χ0) is 37.2. The molecule has 7 rings (SSSR count). The van der Waals surface area contributed by atoms with Crippen LogP contribution >= 0.6 is 0 Å². The second-order valence-electron chi connectivity index (χ2n) is 14.7. The Labute approximate surface area is 310 Å². The van der Waals surface area contributed by atoms with Crippen molar-refractivity contribution in [3.63, 3.8) is 0 Å². The summed E-state index contributed by atoms with van der Waals surface area (Å²) in [5.41, 5.74) is 1.88. The van der Waals surface area contributed by atoms with Gasteiger partial charge in [-0.05, 0) is 49.7 Å². The van der Waals surface area contributed by atoms with Crippen LogP contribution in [0.2, 0.25) is 0 Å². The number of fused-ring (bicyclic) bond motifs is 1. The molecule has 13 heteroatoms. The Morgan fingerprint density at radius 1 is 1.02 bits per heavy atom. The molecule has 1 unspecified atom stereocenters. The molecule has 4 saturated heterocycles. The maximum atomic E-state index is 15.2. The highest BCUT2D eigenvalue weighted by Crippen LogP contribution is 2.31. The van der Waals surface area contributed by atoms with E-state index in [-0.39, 0.29) is 68.1 Å². The van der Waals surface area contributed by atoms with Gasteiger partial charge in [-0.15, -0.1) is 6.58 Å². The predicted octanol–water partition coefficient (Wildman–Crippen LogP) is 2.74. The third-order valence-electron chi connectivity index (χ3n) is 11.2. The second kappa shape index (κ2) is 15.6. The van der Waals surface area contributed by atoms with Crippen LogP contribution in [0.4, 0.5) is 10.2 Å². The molecular formula is C40H49FN8O4. The van der Waals surface area contributed by atoms with Gasteiger partial charge in [-0.3, -0.25) is 19.3 Å². The summed E-state index contributed by atoms with van der Waals surface area (Å²) >= 11 is 0. The number of pyridine rings is 1. The molecule has 0 aliphatic carbocycles. The molecule has 4 fully saturated rings. The van der Waals surface area contributed by atoms with Crippen molar-refractivity contribution >= 4 is 23.5 Å². The summed E-state index contributed by atoms with van der Waals surface area (Å²) in [6, 6.07) is 19.3. The number of benzene rings is 2. The number of likely N-dealkylation sites (N-methyl/N-ethyl adjacent to an activating group) is 1. The molecule has 2 aromatic carbocycles. The van der Waals surface area contributed by atoms with Gasteiger partial charge in [0, 0.05) is 70.3 Å². The number of carbonyl (C=O) groups is 3. The Kier molecular flexibility index (Phi) is 10.8. The van der Waals surface area contributed by atoms with E-state index in [1.165, 1.54) is 17.0 Å². The number of phenolic OH excluding ortho intramolecular Hbond substituents is 1. The number of hydrogen-bond acceptors (Lipinski definition) is 9. The van der Waals surface area contributed by atoms with Crippen LogP contribution in [0.1, 0.15) is 30.2 Å². The summed E-state index contributed by atoms with van der Waals surface area (Å²) in [5.74, 6) is -0.933. The number of piperazine rings is 2. The summed E-state index contributed by atoms with van der Waals surface area (Å²) in [5, 5.41) is 13.2. The van der Waals surface area contributed by atoms with Crippen LogP contribution < -0.4 is 4.90 Å². The number of aryl methyl sites for hydroxylation is 1. The van der Waals surface area contributed by atoms with Gasteiger partial charge >= 0.3 is 0 Å². The van der Waals surface area contributed by atoms with Gasteiger partial charge in [0.1, 0.15) is 29.6 Å². The van der Waals surface area contributed by atoms with E-state index in [0.29, 0.717) is 24.2 Å². The van der Waals surface area contributed by atoms with E-state index in [0.717, 1.165) is 50.2 Å². The Morgan fingerprint density at radius 3 is 2.55 bits per heavy atom. The van der Waals surface area contributed by atoms with Crippen LogP contribution in [0.25, 0.3) is 0 Å². The SMILES string of the molecule is C=CCN1CC(=O)N2C(CN(Cc3cccc(N4CC(N5CCN(C)[C@H](C)C5)C4)n3)C(=O)[C@@H]2Cc2ccc(O)cc2F)N1C(=O)CCc1ccccc1. The smallest absolute Gasteiger partial charge is 0.246 e. The van der Waals surface area contributed by atoms with Gasteiger partial charge in [0.05, 0.1) is 25.3 Å². The van der Waals surface area contributed by atoms with Crippen LogP contribution in [-0.2, 0) is 33.8 Å². The first kappa shape index (κ1) is 36.5. The molecule has 5 heterocycles. The van der Waals surface area contributed by atoms with Crippen LogP contribution in [0.5, 0.6) is 5.75 Å². The highest BCUT2D eigenvalue weighted by molar-refractivity contribution is 5.92. The van der Waals surface area contributed by atoms with E-state index in [9.17, 15) is 19.5 Å². The molecule has 53 heavy (non-hydrogen) atoms. The lowest BCUT2D eigenvalue weighted by atomic mass is 9.97. The Hall–Kier alpha value is -4.85. The highest BCUT2D eigenvalue weighted by Gasteiger charge is 2.51. The van der Waals surface area contributed by atoms with Gasteiger partial charge in [0.25, 0.3) is 0 Å². The molecule has 1 N–H and O–H groups in total. The number of carbonyl (C=O) groups excluding carboxylic acids is 3. The van der Waals surface area contributed by atoms with Crippen molar-refractivity contribution < 1.29 is 23.9 Å². The number of amides is 3. The molecule has 0 saturated carbocycles. The molecule has 12 nitrogen and oxygen atoms in total. The lowest BCUT2D eigenvalue weighted by Gasteiger charge is -2.55. The number of hydrazine groups is 1. The molecule has 1 aromatic heterocycles. The lowest BCUT2D eigenvalue weighted by molar-refractivity contribution is -0.205. The monoisotopic (exact) mass is 724 g/mol. The van der Waals surface area contributed by atoms with Gasteiger partial charge in [-0.1, -0.05) is 48.5 Å². The minimum atomic E-state index is -1.08. The lowest BCUT2D eigenvalue weighted by Crippen LogP contribution is -2.76. The second-order valence-corrected chi connectivity index (χ2v) is 14.7. The van der Waals surface area contributed by atoms with Crippen molar-refractivity contribution in [2.24, 2.45) is 0 Å². The normalized spacial score (nSPS) is 23.3. The average Bonchev–Trinajstić information content (AvgIpc) is 3.11. The first-order chi connectivity index (χ1) is 25.6. The number of nitrogens with zero attached hydrogens (tertiary/aromatic N) is 8. The minimum absolute atomic E-state index is 0.0587. The van der Waals surface area contributed by atoms with E-state index in [4.69, 9.17) is 4.98 Å². The standard InChI is InChI=1S/C40H49FN8O4/c1-4-17-47-27-39(52)48-35(20-30-14-15-33(50)21-34(30)41)40(53)46(26-37(48)49(47)38(51)16-13-29-9-6-5-7-10-29)23-31-11-8-12-36(42-31)45-24-32(25-45)44-19-18-43(3)28(2)22-44/h4-12,14-15,21,28,32,35,37,50H,1,13,16-20,22-27H2,2-3H3/t28-,35+,37?/m1/s1. The zero-order valence-corrected chi connectivity index (χ0v) is 30.6. The fourth-order valence-electron chi connectivity index (χ4n) is 8.03. The van der Waals surface area contributed by atoms with Crippen molar-refractivity contribution in [3.8, 4) is 5.75 Å². The van der Waals surface area contributed by atoms with E-state index >= 15 is 4.39 Å². The molecule has 280 valence electrons. The quantitative estimate of drug-likeness (QED) is 0.299. The summed E-state index contributed by atoms with van der Waals surface area (Å²) in [4.78, 5) is 57.8. The molecule has 4 aliphatic heterocycles. The van der Waals surface area contributed by atoms with Crippen LogP contribution in [0, 0.1) is 5.82 Å². The highest BCUT2D eigenvalue weighted by atomic mass is 19.1. The van der Waals surface area contributed by atoms with E-state index < -0.39 is 18.0 Å². The van der Waals surface area contributed by atoms with Crippen molar-refractivity contribution in [1.29, 1.82) is 0 Å². The van der Waals surface area contributed by atoms with E-state index in [1.807, 2.05) is 48.5 Å². The number of aromatic nitrogens is 1. The minimum Gasteiger partial charge on any atom is -0.508 e. The van der Waals surface area contributed by atoms with Gasteiger partial charge in [0.15, 0.2) is 0 Å². The Morgan fingerprint density at radius 2 is 1.81 bits per heavy atom. The maximum absolute atomic E-state index is 15.2. The average molecular weight is 725 g/mol. The first-order valence-electron chi connectivity index (χ1n) is 18.5. The fourth-order valence-corrected chi connectivity index (χ4v) is 8.03. The Balaban J connectivity index is 1.14. The topological polar surface area (TPSA) is 107 Å². The maximum Gasteiger partial charge on any atom is 0.246 e. The van der Waals surface area contributed by atoms with Crippen molar-refractivity contribution in [1.82, 2.24) is 34.6 Å². The molecule has 0 spiro atoms. The summed E-state index contributed by atoms with van der Waals surface area (Å²) in [7, 11) is 2.17. The largest absolute Gasteiger partial charge is 0.508 e. The molecule has 0 bridgehead atoms. The van der Waals surface area contributed by atoms with Crippen molar-refractivity contribution in [2.75, 3.05) is 64.3 Å². The summed E-state index contributed by atoms with van der Waals surface area (Å²) in [6.45, 7) is 11.4. The molecule has 3 atom stereocenters. The van der Waals surface area contributed by atoms with E-state index in [2.05, 4.69) is 35.3 Å².